The molecule has 1 aromatic rings. The summed E-state index contributed by atoms with van der Waals surface area (Å²) in [4.78, 5) is 4.72. The van der Waals surface area contributed by atoms with E-state index in [0.717, 1.165) is 49.4 Å². The van der Waals surface area contributed by atoms with Crippen LogP contribution in [0.15, 0.2) is 6.07 Å². The molecule has 0 radical (unpaired) electrons. The van der Waals surface area contributed by atoms with Crippen LogP contribution in [-0.2, 0) is 27.2 Å². The van der Waals surface area contributed by atoms with Crippen molar-refractivity contribution in [1.82, 2.24) is 10.3 Å². The highest BCUT2D eigenvalue weighted by Crippen LogP contribution is 2.27. The smallest absolute Gasteiger partial charge is 0.200 e. The number of anilines is 1. The standard InChI is InChI=1S/C17H29N3O5/c1-23-17(24-2)15-13(9-12-5-3-7-19-16(12)20-15)10-18-6-4-8-25-11-14(21)22/h9,14,17-18,21-22H,3-8,10-11H2,1-2H3,(H,19,20). The molecule has 0 atom stereocenters. The number of ether oxygens (including phenoxy) is 3. The van der Waals surface area contributed by atoms with Gasteiger partial charge in [-0.25, -0.2) is 4.98 Å². The summed E-state index contributed by atoms with van der Waals surface area (Å²) in [5, 5.41) is 24.1. The summed E-state index contributed by atoms with van der Waals surface area (Å²) in [6, 6.07) is 2.17. The minimum absolute atomic E-state index is 0.0603. The first kappa shape index (κ1) is 20.0. The lowest BCUT2D eigenvalue weighted by molar-refractivity contribution is -0.109. The third kappa shape index (κ3) is 6.18. The van der Waals surface area contributed by atoms with Gasteiger partial charge in [-0.2, -0.15) is 0 Å². The number of aromatic nitrogens is 1. The molecule has 1 aliphatic heterocycles. The number of aryl methyl sites for hydroxylation is 1. The molecule has 25 heavy (non-hydrogen) atoms. The topological polar surface area (TPSA) is 105 Å². The Labute approximate surface area is 148 Å². The van der Waals surface area contributed by atoms with E-state index in [-0.39, 0.29) is 6.61 Å². The van der Waals surface area contributed by atoms with Gasteiger partial charge in [0, 0.05) is 33.9 Å². The fraction of sp³-hybridized carbons (Fsp3) is 0.706. The molecule has 0 fully saturated rings. The first-order valence-corrected chi connectivity index (χ1v) is 8.62. The number of fused-ring (bicyclic) bond motifs is 1. The third-order valence-corrected chi connectivity index (χ3v) is 4.01. The Balaban J connectivity index is 1.93. The fourth-order valence-corrected chi connectivity index (χ4v) is 2.82. The number of nitrogens with zero attached hydrogens (tertiary/aromatic N) is 1. The van der Waals surface area contributed by atoms with Crippen LogP contribution < -0.4 is 10.6 Å². The van der Waals surface area contributed by atoms with Gasteiger partial charge in [0.1, 0.15) is 11.5 Å². The number of hydrogen-bond donors (Lipinski definition) is 4. The van der Waals surface area contributed by atoms with Crippen molar-refractivity contribution in [1.29, 1.82) is 0 Å². The maximum Gasteiger partial charge on any atom is 0.200 e. The number of rotatable bonds is 11. The van der Waals surface area contributed by atoms with Crippen molar-refractivity contribution in [3.05, 3.63) is 22.9 Å². The second-order valence-corrected chi connectivity index (χ2v) is 5.96. The predicted octanol–water partition coefficient (Wildman–Crippen LogP) is 0.538. The summed E-state index contributed by atoms with van der Waals surface area (Å²) in [5.41, 5.74) is 3.06. The van der Waals surface area contributed by atoms with Crippen molar-refractivity contribution in [2.45, 2.75) is 38.4 Å². The van der Waals surface area contributed by atoms with Crippen molar-refractivity contribution in [2.75, 3.05) is 45.8 Å². The van der Waals surface area contributed by atoms with Gasteiger partial charge in [0.05, 0.1) is 6.61 Å². The molecule has 1 aromatic heterocycles. The van der Waals surface area contributed by atoms with Gasteiger partial charge in [0.15, 0.2) is 6.29 Å². The largest absolute Gasteiger partial charge is 0.376 e. The van der Waals surface area contributed by atoms with Gasteiger partial charge in [0.25, 0.3) is 0 Å². The molecular weight excluding hydrogens is 326 g/mol. The first-order valence-electron chi connectivity index (χ1n) is 8.62. The quantitative estimate of drug-likeness (QED) is 0.337. The average molecular weight is 355 g/mol. The van der Waals surface area contributed by atoms with Crippen molar-refractivity contribution in [3.8, 4) is 0 Å². The number of nitrogens with one attached hydrogen (secondary N) is 2. The number of methoxy groups -OCH3 is 2. The number of pyridine rings is 1. The molecule has 0 aliphatic carbocycles. The number of aliphatic hydroxyl groups is 2. The van der Waals surface area contributed by atoms with Crippen molar-refractivity contribution in [2.24, 2.45) is 0 Å². The lowest BCUT2D eigenvalue weighted by Crippen LogP contribution is -2.22. The highest BCUT2D eigenvalue weighted by molar-refractivity contribution is 5.49. The molecular formula is C17H29N3O5. The zero-order chi connectivity index (χ0) is 18.1. The van der Waals surface area contributed by atoms with Crippen LogP contribution in [-0.4, -0.2) is 62.0 Å². The van der Waals surface area contributed by atoms with Crippen LogP contribution in [0.5, 0.6) is 0 Å². The van der Waals surface area contributed by atoms with Crippen LogP contribution in [0.1, 0.15) is 36.0 Å². The average Bonchev–Trinajstić information content (AvgIpc) is 2.61. The van der Waals surface area contributed by atoms with Gasteiger partial charge in [0.2, 0.25) is 6.29 Å². The van der Waals surface area contributed by atoms with E-state index in [4.69, 9.17) is 29.4 Å². The Hall–Kier alpha value is -1.29. The molecule has 4 N–H and O–H groups in total. The normalized spacial score (nSPS) is 14.0. The predicted molar refractivity (Wildman–Crippen MR) is 93.2 cm³/mol. The van der Waals surface area contributed by atoms with Gasteiger partial charge in [-0.1, -0.05) is 0 Å². The van der Waals surface area contributed by atoms with Crippen molar-refractivity contribution < 1.29 is 24.4 Å². The van der Waals surface area contributed by atoms with E-state index in [1.54, 1.807) is 14.2 Å². The third-order valence-electron chi connectivity index (χ3n) is 4.01. The van der Waals surface area contributed by atoms with E-state index < -0.39 is 12.6 Å². The summed E-state index contributed by atoms with van der Waals surface area (Å²) in [6.45, 7) is 2.75. The Morgan fingerprint density at radius 1 is 1.32 bits per heavy atom. The van der Waals surface area contributed by atoms with E-state index >= 15 is 0 Å². The van der Waals surface area contributed by atoms with Crippen molar-refractivity contribution in [3.63, 3.8) is 0 Å². The SMILES string of the molecule is COC(OC)c1nc2c(cc1CNCCCOCC(O)O)CCCN2. The van der Waals surface area contributed by atoms with Crippen LogP contribution in [0, 0.1) is 0 Å². The van der Waals surface area contributed by atoms with E-state index in [0.29, 0.717) is 13.2 Å². The van der Waals surface area contributed by atoms with E-state index in [9.17, 15) is 0 Å². The second kappa shape index (κ2) is 10.6. The van der Waals surface area contributed by atoms with Crippen LogP contribution >= 0.6 is 0 Å². The number of aliphatic hydroxyl groups excluding tert-OH is 1. The Morgan fingerprint density at radius 2 is 2.12 bits per heavy atom. The lowest BCUT2D eigenvalue weighted by atomic mass is 10.0. The fourth-order valence-electron chi connectivity index (χ4n) is 2.82. The molecule has 0 saturated carbocycles. The Bertz CT molecular complexity index is 523. The molecule has 2 rings (SSSR count). The van der Waals surface area contributed by atoms with E-state index in [2.05, 4.69) is 16.7 Å². The minimum Gasteiger partial charge on any atom is -0.376 e. The molecule has 8 nitrogen and oxygen atoms in total. The van der Waals surface area contributed by atoms with Gasteiger partial charge in [-0.05, 0) is 43.0 Å². The Kier molecular flexibility index (Phi) is 8.53. The molecule has 0 bridgehead atoms. The number of hydrogen-bond acceptors (Lipinski definition) is 8. The van der Waals surface area contributed by atoms with Crippen LogP contribution in [0.2, 0.25) is 0 Å². The summed E-state index contributed by atoms with van der Waals surface area (Å²) in [7, 11) is 3.21. The molecule has 0 unspecified atom stereocenters. The molecule has 0 saturated heterocycles. The maximum absolute atomic E-state index is 8.71. The van der Waals surface area contributed by atoms with E-state index in [1.807, 2.05) is 0 Å². The molecule has 0 amide bonds. The first-order chi connectivity index (χ1) is 12.2. The van der Waals surface area contributed by atoms with E-state index in [1.165, 1.54) is 5.56 Å². The highest BCUT2D eigenvalue weighted by Gasteiger charge is 2.20. The molecule has 2 heterocycles. The molecule has 142 valence electrons. The van der Waals surface area contributed by atoms with Gasteiger partial charge in [-0.3, -0.25) is 0 Å². The van der Waals surface area contributed by atoms with Gasteiger partial charge >= 0.3 is 0 Å². The highest BCUT2D eigenvalue weighted by atomic mass is 16.7. The zero-order valence-electron chi connectivity index (χ0n) is 15.0. The monoisotopic (exact) mass is 355 g/mol. The second-order valence-electron chi connectivity index (χ2n) is 5.96. The summed E-state index contributed by atoms with van der Waals surface area (Å²) < 4.78 is 15.9. The molecule has 0 aromatic carbocycles. The molecule has 0 spiro atoms. The van der Waals surface area contributed by atoms with Crippen LogP contribution in [0.4, 0.5) is 5.82 Å². The van der Waals surface area contributed by atoms with Crippen molar-refractivity contribution >= 4 is 5.82 Å². The summed E-state index contributed by atoms with van der Waals surface area (Å²) in [5.74, 6) is 0.917. The summed E-state index contributed by atoms with van der Waals surface area (Å²) in [6.07, 6.45) is 0.989. The lowest BCUT2D eigenvalue weighted by Gasteiger charge is -2.23. The molecule has 1 aliphatic rings. The van der Waals surface area contributed by atoms with Gasteiger partial charge in [-0.15, -0.1) is 0 Å². The van der Waals surface area contributed by atoms with Crippen LogP contribution in [0.3, 0.4) is 0 Å². The van der Waals surface area contributed by atoms with Crippen LogP contribution in [0.25, 0.3) is 0 Å². The maximum atomic E-state index is 8.71. The Morgan fingerprint density at radius 3 is 2.84 bits per heavy atom. The zero-order valence-corrected chi connectivity index (χ0v) is 15.0. The summed E-state index contributed by atoms with van der Waals surface area (Å²) >= 11 is 0. The minimum atomic E-state index is -1.41. The molecule has 8 heteroatoms. The van der Waals surface area contributed by atoms with Gasteiger partial charge < -0.3 is 35.1 Å².